The van der Waals surface area contributed by atoms with Crippen molar-refractivity contribution in [2.24, 2.45) is 10.9 Å². The van der Waals surface area contributed by atoms with Crippen LogP contribution in [0.1, 0.15) is 25.7 Å². The van der Waals surface area contributed by atoms with Crippen LogP contribution < -0.4 is 5.32 Å². The number of nitrogens with one attached hydrogen (secondary N) is 1. The zero-order chi connectivity index (χ0) is 17.4. The highest BCUT2D eigenvalue weighted by Crippen LogP contribution is 2.26. The van der Waals surface area contributed by atoms with E-state index in [1.165, 1.54) is 20.0 Å². The Morgan fingerprint density at radius 1 is 1.21 bits per heavy atom. The zero-order valence-corrected chi connectivity index (χ0v) is 15.3. The lowest BCUT2D eigenvalue weighted by Crippen LogP contribution is -2.48. The summed E-state index contributed by atoms with van der Waals surface area (Å²) < 4.78 is 10.0. The second kappa shape index (κ2) is 9.84. The van der Waals surface area contributed by atoms with Crippen molar-refractivity contribution >= 4 is 11.9 Å². The molecule has 1 saturated heterocycles. The second-order valence-electron chi connectivity index (χ2n) is 6.52. The van der Waals surface area contributed by atoms with E-state index in [1.54, 1.807) is 7.11 Å². The van der Waals surface area contributed by atoms with E-state index >= 15 is 0 Å². The topological polar surface area (TPSA) is 66.4 Å². The fourth-order valence-corrected chi connectivity index (χ4v) is 3.26. The SMILES string of the molecule is CN=C(NCCN(CCOC)C1CC1)N1CCC(C(=O)OC)CC1. The predicted octanol–water partition coefficient (Wildman–Crippen LogP) is 0.558. The van der Waals surface area contributed by atoms with Gasteiger partial charge < -0.3 is 19.7 Å². The van der Waals surface area contributed by atoms with Crippen molar-refractivity contribution in [3.05, 3.63) is 0 Å². The summed E-state index contributed by atoms with van der Waals surface area (Å²) in [5, 5.41) is 3.46. The number of ether oxygens (including phenoxy) is 2. The normalized spacial score (nSPS) is 19.7. The van der Waals surface area contributed by atoms with E-state index in [0.29, 0.717) is 0 Å². The summed E-state index contributed by atoms with van der Waals surface area (Å²) in [5.74, 6) is 0.875. The van der Waals surface area contributed by atoms with Gasteiger partial charge in [-0.15, -0.1) is 0 Å². The monoisotopic (exact) mass is 340 g/mol. The van der Waals surface area contributed by atoms with Crippen LogP contribution in [0.2, 0.25) is 0 Å². The Morgan fingerprint density at radius 3 is 2.46 bits per heavy atom. The first kappa shape index (κ1) is 19.0. The van der Waals surface area contributed by atoms with Crippen molar-refractivity contribution in [1.29, 1.82) is 0 Å². The number of nitrogens with zero attached hydrogens (tertiary/aromatic N) is 3. The molecular formula is C17H32N4O3. The first-order chi connectivity index (χ1) is 11.7. The van der Waals surface area contributed by atoms with Gasteiger partial charge in [0.05, 0.1) is 19.6 Å². The van der Waals surface area contributed by atoms with Crippen LogP contribution in [-0.4, -0.2) is 88.4 Å². The van der Waals surface area contributed by atoms with Crippen molar-refractivity contribution < 1.29 is 14.3 Å². The van der Waals surface area contributed by atoms with Crippen molar-refractivity contribution in [2.75, 3.05) is 60.6 Å². The van der Waals surface area contributed by atoms with Crippen LogP contribution in [0.25, 0.3) is 0 Å². The highest BCUT2D eigenvalue weighted by molar-refractivity contribution is 5.80. The first-order valence-corrected chi connectivity index (χ1v) is 8.96. The molecule has 7 heteroatoms. The van der Waals surface area contributed by atoms with Crippen molar-refractivity contribution in [2.45, 2.75) is 31.7 Å². The smallest absolute Gasteiger partial charge is 0.308 e. The van der Waals surface area contributed by atoms with Crippen molar-refractivity contribution in [3.8, 4) is 0 Å². The van der Waals surface area contributed by atoms with Gasteiger partial charge in [-0.1, -0.05) is 0 Å². The van der Waals surface area contributed by atoms with E-state index in [9.17, 15) is 4.79 Å². The fraction of sp³-hybridized carbons (Fsp3) is 0.882. The van der Waals surface area contributed by atoms with E-state index < -0.39 is 0 Å². The lowest BCUT2D eigenvalue weighted by Gasteiger charge is -2.33. The Balaban J connectivity index is 1.71. The fourth-order valence-electron chi connectivity index (χ4n) is 3.26. The Labute approximate surface area is 145 Å². The largest absolute Gasteiger partial charge is 0.469 e. The molecule has 2 rings (SSSR count). The van der Waals surface area contributed by atoms with Gasteiger partial charge in [-0.05, 0) is 25.7 Å². The van der Waals surface area contributed by atoms with Crippen LogP contribution in [0.15, 0.2) is 4.99 Å². The Morgan fingerprint density at radius 2 is 1.92 bits per heavy atom. The van der Waals surface area contributed by atoms with E-state index in [0.717, 1.165) is 64.2 Å². The van der Waals surface area contributed by atoms with E-state index in [2.05, 4.69) is 20.1 Å². The summed E-state index contributed by atoms with van der Waals surface area (Å²) in [6.45, 7) is 5.35. The Hall–Kier alpha value is -1.34. The lowest BCUT2D eigenvalue weighted by atomic mass is 9.97. The molecule has 2 fully saturated rings. The molecule has 0 radical (unpaired) electrons. The Bertz CT molecular complexity index is 418. The molecule has 1 aliphatic heterocycles. The third kappa shape index (κ3) is 5.63. The van der Waals surface area contributed by atoms with Gasteiger partial charge in [-0.2, -0.15) is 0 Å². The quantitative estimate of drug-likeness (QED) is 0.396. The van der Waals surface area contributed by atoms with Crippen LogP contribution in [0, 0.1) is 5.92 Å². The molecule has 138 valence electrons. The highest BCUT2D eigenvalue weighted by Gasteiger charge is 2.29. The molecule has 2 aliphatic rings. The first-order valence-electron chi connectivity index (χ1n) is 8.96. The van der Waals surface area contributed by atoms with Crippen LogP contribution in [0.4, 0.5) is 0 Å². The summed E-state index contributed by atoms with van der Waals surface area (Å²) in [6.07, 6.45) is 4.27. The molecule has 0 aromatic heterocycles. The molecule has 0 aromatic carbocycles. The van der Waals surface area contributed by atoms with Crippen LogP contribution in [0.3, 0.4) is 0 Å². The van der Waals surface area contributed by atoms with E-state index in [-0.39, 0.29) is 11.9 Å². The highest BCUT2D eigenvalue weighted by atomic mass is 16.5. The molecule has 0 spiro atoms. The van der Waals surface area contributed by atoms with Gasteiger partial charge in [0.2, 0.25) is 0 Å². The molecule has 1 aliphatic carbocycles. The number of carbonyl (C=O) groups excluding carboxylic acids is 1. The predicted molar refractivity (Wildman–Crippen MR) is 94.1 cm³/mol. The molecule has 7 nitrogen and oxygen atoms in total. The lowest BCUT2D eigenvalue weighted by molar-refractivity contribution is -0.146. The zero-order valence-electron chi connectivity index (χ0n) is 15.3. The minimum absolute atomic E-state index is 0.0313. The van der Waals surface area contributed by atoms with Crippen molar-refractivity contribution in [3.63, 3.8) is 0 Å². The van der Waals surface area contributed by atoms with Gasteiger partial charge in [-0.25, -0.2) is 0 Å². The number of aliphatic imine (C=N–C) groups is 1. The summed E-state index contributed by atoms with van der Waals surface area (Å²) in [6, 6.07) is 0.736. The number of hydrogen-bond donors (Lipinski definition) is 1. The standard InChI is InChI=1S/C17H32N4O3/c1-18-17(21-9-6-14(7-10-21)16(22)24-3)19-8-11-20(12-13-23-2)15-4-5-15/h14-15H,4-13H2,1-3H3,(H,18,19). The maximum absolute atomic E-state index is 11.6. The number of carbonyl (C=O) groups is 1. The molecule has 0 aromatic rings. The summed E-state index contributed by atoms with van der Waals surface area (Å²) in [4.78, 5) is 20.7. The molecule has 0 amide bonds. The molecular weight excluding hydrogens is 308 g/mol. The average molecular weight is 340 g/mol. The van der Waals surface area contributed by atoms with Gasteiger partial charge in [-0.3, -0.25) is 14.7 Å². The third-order valence-electron chi connectivity index (χ3n) is 4.87. The number of hydrogen-bond acceptors (Lipinski definition) is 5. The molecule has 1 N–H and O–H groups in total. The number of methoxy groups -OCH3 is 2. The van der Waals surface area contributed by atoms with Crippen LogP contribution in [0.5, 0.6) is 0 Å². The maximum Gasteiger partial charge on any atom is 0.308 e. The van der Waals surface area contributed by atoms with Gasteiger partial charge in [0.1, 0.15) is 0 Å². The summed E-state index contributed by atoms with van der Waals surface area (Å²) in [7, 11) is 5.03. The minimum Gasteiger partial charge on any atom is -0.469 e. The Kier molecular flexibility index (Phi) is 7.78. The molecule has 0 bridgehead atoms. The summed E-state index contributed by atoms with van der Waals surface area (Å²) in [5.41, 5.74) is 0. The van der Waals surface area contributed by atoms with E-state index in [1.807, 2.05) is 7.05 Å². The van der Waals surface area contributed by atoms with E-state index in [4.69, 9.17) is 9.47 Å². The van der Waals surface area contributed by atoms with Gasteiger partial charge in [0, 0.05) is 52.9 Å². The number of esters is 1. The van der Waals surface area contributed by atoms with Gasteiger partial charge in [0.25, 0.3) is 0 Å². The summed E-state index contributed by atoms with van der Waals surface area (Å²) >= 11 is 0. The number of rotatable bonds is 8. The van der Waals surface area contributed by atoms with Gasteiger partial charge in [0.15, 0.2) is 5.96 Å². The molecule has 1 heterocycles. The number of likely N-dealkylation sites (tertiary alicyclic amines) is 1. The second-order valence-corrected chi connectivity index (χ2v) is 6.52. The number of guanidine groups is 1. The maximum atomic E-state index is 11.6. The van der Waals surface area contributed by atoms with Crippen LogP contribution in [-0.2, 0) is 14.3 Å². The van der Waals surface area contributed by atoms with Crippen LogP contribution >= 0.6 is 0 Å². The van der Waals surface area contributed by atoms with Crippen molar-refractivity contribution in [1.82, 2.24) is 15.1 Å². The van der Waals surface area contributed by atoms with Gasteiger partial charge >= 0.3 is 5.97 Å². The average Bonchev–Trinajstić information content (AvgIpc) is 3.46. The molecule has 24 heavy (non-hydrogen) atoms. The number of piperidine rings is 1. The minimum atomic E-state index is -0.0872. The molecule has 0 atom stereocenters. The molecule has 0 unspecified atom stereocenters. The molecule has 1 saturated carbocycles. The third-order valence-corrected chi connectivity index (χ3v) is 4.87.